The summed E-state index contributed by atoms with van der Waals surface area (Å²) in [5.41, 5.74) is 0.289. The van der Waals surface area contributed by atoms with E-state index in [0.29, 0.717) is 18.7 Å². The van der Waals surface area contributed by atoms with Gasteiger partial charge in [-0.3, -0.25) is 0 Å². The molecule has 2 N–H and O–H groups in total. The number of rotatable bonds is 4. The van der Waals surface area contributed by atoms with E-state index in [0.717, 1.165) is 0 Å². The fraction of sp³-hybridized carbons (Fsp3) is 0.400. The van der Waals surface area contributed by atoms with Gasteiger partial charge in [-0.25, -0.2) is 4.39 Å². The van der Waals surface area contributed by atoms with Crippen LogP contribution in [0.4, 0.5) is 4.39 Å². The van der Waals surface area contributed by atoms with Crippen molar-refractivity contribution in [1.82, 2.24) is 5.32 Å². The average molecular weight is 278 g/mol. The molecule has 5 heteroatoms. The molecular weight excluding hydrogens is 265 g/mol. The normalized spacial score (nSPS) is 10.4. The van der Waals surface area contributed by atoms with Gasteiger partial charge >= 0.3 is 0 Å². The summed E-state index contributed by atoms with van der Waals surface area (Å²) in [7, 11) is 3.19. The lowest BCUT2D eigenvalue weighted by atomic mass is 10.1. The Morgan fingerprint density at radius 2 is 2.27 bits per heavy atom. The Hall–Kier alpha value is -0.810. The number of benzene rings is 1. The molecule has 0 aliphatic carbocycles. The first kappa shape index (κ1) is 12.3. The summed E-state index contributed by atoms with van der Waals surface area (Å²) in [6.07, 6.45) is 0.427. The molecule has 0 heterocycles. The number of methoxy groups -OCH3 is 1. The molecule has 0 aliphatic heterocycles. The topological polar surface area (TPSA) is 41.5 Å². The number of ether oxygens (including phenoxy) is 1. The smallest absolute Gasteiger partial charge is 0.148 e. The fourth-order valence-corrected chi connectivity index (χ4v) is 1.78. The maximum atomic E-state index is 13.7. The molecule has 0 aromatic heterocycles. The molecule has 0 amide bonds. The maximum Gasteiger partial charge on any atom is 0.148 e. The summed E-state index contributed by atoms with van der Waals surface area (Å²) in [6, 6.07) is 1.40. The standard InChI is InChI=1S/C10H13BrFNO2/c1-13-4-3-6-7(14)5-8(15-2)9(11)10(6)12/h5,13-14H,3-4H2,1-2H3. The SMILES string of the molecule is CNCCc1c(O)cc(OC)c(Br)c1F. The third-order valence-corrected chi connectivity index (χ3v) is 2.83. The molecule has 0 atom stereocenters. The number of aromatic hydroxyl groups is 1. The van der Waals surface area contributed by atoms with Gasteiger partial charge in [0.05, 0.1) is 11.6 Å². The second-order valence-corrected chi connectivity index (χ2v) is 3.85. The number of nitrogens with one attached hydrogen (secondary N) is 1. The van der Waals surface area contributed by atoms with Gasteiger partial charge in [0.2, 0.25) is 0 Å². The van der Waals surface area contributed by atoms with Crippen LogP contribution in [0.15, 0.2) is 10.5 Å². The van der Waals surface area contributed by atoms with E-state index in [1.807, 2.05) is 0 Å². The molecular formula is C10H13BrFNO2. The lowest BCUT2D eigenvalue weighted by Crippen LogP contribution is -2.11. The maximum absolute atomic E-state index is 13.7. The van der Waals surface area contributed by atoms with Gasteiger partial charge in [0.25, 0.3) is 0 Å². The Labute approximate surface area is 96.4 Å². The van der Waals surface area contributed by atoms with E-state index in [1.54, 1.807) is 7.05 Å². The Balaban J connectivity index is 3.11. The molecule has 0 aliphatic rings. The molecule has 0 saturated heterocycles. The fourth-order valence-electron chi connectivity index (χ4n) is 1.26. The van der Waals surface area contributed by atoms with E-state index < -0.39 is 5.82 Å². The third kappa shape index (κ3) is 2.60. The van der Waals surface area contributed by atoms with Crippen molar-refractivity contribution in [1.29, 1.82) is 0 Å². The van der Waals surface area contributed by atoms with Gasteiger partial charge in [-0.15, -0.1) is 0 Å². The van der Waals surface area contributed by atoms with Gasteiger partial charge in [-0.05, 0) is 35.9 Å². The zero-order valence-corrected chi connectivity index (χ0v) is 10.2. The number of phenolic OH excluding ortho intramolecular Hbond substituents is 1. The summed E-state index contributed by atoms with van der Waals surface area (Å²) in [5.74, 6) is -0.261. The van der Waals surface area contributed by atoms with E-state index >= 15 is 0 Å². The lowest BCUT2D eigenvalue weighted by molar-refractivity contribution is 0.396. The number of hydrogen-bond acceptors (Lipinski definition) is 3. The van der Waals surface area contributed by atoms with Crippen LogP contribution >= 0.6 is 15.9 Å². The van der Waals surface area contributed by atoms with Crippen LogP contribution in [0.1, 0.15) is 5.56 Å². The van der Waals surface area contributed by atoms with Crippen molar-refractivity contribution >= 4 is 15.9 Å². The molecule has 3 nitrogen and oxygen atoms in total. The van der Waals surface area contributed by atoms with Crippen LogP contribution in [-0.4, -0.2) is 25.8 Å². The zero-order chi connectivity index (χ0) is 11.4. The van der Waals surface area contributed by atoms with Crippen LogP contribution in [0, 0.1) is 5.82 Å². The van der Waals surface area contributed by atoms with E-state index in [2.05, 4.69) is 21.2 Å². The van der Waals surface area contributed by atoms with Crippen molar-refractivity contribution in [2.45, 2.75) is 6.42 Å². The minimum atomic E-state index is -0.470. The monoisotopic (exact) mass is 277 g/mol. The minimum Gasteiger partial charge on any atom is -0.507 e. The van der Waals surface area contributed by atoms with Crippen LogP contribution < -0.4 is 10.1 Å². The molecule has 1 aromatic rings. The summed E-state index contributed by atoms with van der Waals surface area (Å²) >= 11 is 3.09. The van der Waals surface area contributed by atoms with Crippen molar-refractivity contribution in [2.24, 2.45) is 0 Å². The van der Waals surface area contributed by atoms with Crippen LogP contribution in [-0.2, 0) is 6.42 Å². The van der Waals surface area contributed by atoms with E-state index in [9.17, 15) is 9.50 Å². The Kier molecular flexibility index (Phi) is 4.35. The van der Waals surface area contributed by atoms with E-state index in [-0.39, 0.29) is 15.8 Å². The third-order valence-electron chi connectivity index (χ3n) is 2.10. The van der Waals surface area contributed by atoms with Crippen molar-refractivity contribution in [3.05, 3.63) is 21.9 Å². The van der Waals surface area contributed by atoms with Gasteiger partial charge in [0.1, 0.15) is 17.3 Å². The highest BCUT2D eigenvalue weighted by molar-refractivity contribution is 9.10. The predicted octanol–water partition coefficient (Wildman–Crippen LogP) is 2.06. The second-order valence-electron chi connectivity index (χ2n) is 3.06. The number of likely N-dealkylation sites (N-methyl/N-ethyl adjacent to an activating group) is 1. The molecule has 0 bridgehead atoms. The number of hydrogen-bond donors (Lipinski definition) is 2. The summed E-state index contributed by atoms with van der Waals surface area (Å²) in [6.45, 7) is 0.600. The molecule has 1 aromatic carbocycles. The molecule has 1 rings (SSSR count). The molecule has 0 radical (unpaired) electrons. The first-order chi connectivity index (χ1) is 7.11. The summed E-state index contributed by atoms with van der Waals surface area (Å²) in [4.78, 5) is 0. The highest BCUT2D eigenvalue weighted by atomic mass is 79.9. The van der Waals surface area contributed by atoms with Gasteiger partial charge in [0.15, 0.2) is 0 Å². The average Bonchev–Trinajstić information content (AvgIpc) is 2.23. The summed E-state index contributed by atoms with van der Waals surface area (Å²) < 4.78 is 18.9. The quantitative estimate of drug-likeness (QED) is 0.885. The molecule has 0 unspecified atom stereocenters. The zero-order valence-electron chi connectivity index (χ0n) is 8.60. The Bertz CT molecular complexity index is 358. The predicted molar refractivity (Wildman–Crippen MR) is 59.9 cm³/mol. The first-order valence-corrected chi connectivity index (χ1v) is 5.29. The van der Waals surface area contributed by atoms with Crippen molar-refractivity contribution in [2.75, 3.05) is 20.7 Å². The van der Waals surface area contributed by atoms with Crippen LogP contribution in [0.2, 0.25) is 0 Å². The van der Waals surface area contributed by atoms with E-state index in [4.69, 9.17) is 4.74 Å². The molecule has 0 fully saturated rings. The highest BCUT2D eigenvalue weighted by Crippen LogP contribution is 2.35. The Morgan fingerprint density at radius 3 is 2.80 bits per heavy atom. The molecule has 0 spiro atoms. The van der Waals surface area contributed by atoms with Gasteiger partial charge in [0, 0.05) is 11.6 Å². The molecule has 15 heavy (non-hydrogen) atoms. The number of halogens is 2. The largest absolute Gasteiger partial charge is 0.507 e. The van der Waals surface area contributed by atoms with Gasteiger partial charge < -0.3 is 15.2 Å². The van der Waals surface area contributed by atoms with Gasteiger partial charge in [-0.2, -0.15) is 0 Å². The summed E-state index contributed by atoms with van der Waals surface area (Å²) in [5, 5.41) is 12.5. The first-order valence-electron chi connectivity index (χ1n) is 4.50. The lowest BCUT2D eigenvalue weighted by Gasteiger charge is -2.10. The van der Waals surface area contributed by atoms with Crippen LogP contribution in [0.5, 0.6) is 11.5 Å². The molecule has 84 valence electrons. The molecule has 0 saturated carbocycles. The highest BCUT2D eigenvalue weighted by Gasteiger charge is 2.16. The van der Waals surface area contributed by atoms with Crippen LogP contribution in [0.3, 0.4) is 0 Å². The Morgan fingerprint density at radius 1 is 1.60 bits per heavy atom. The van der Waals surface area contributed by atoms with E-state index in [1.165, 1.54) is 13.2 Å². The van der Waals surface area contributed by atoms with Crippen molar-refractivity contribution < 1.29 is 14.2 Å². The van der Waals surface area contributed by atoms with Crippen molar-refractivity contribution in [3.63, 3.8) is 0 Å². The second kappa shape index (κ2) is 5.32. The number of phenols is 1. The minimum absolute atomic E-state index is 0.0807. The van der Waals surface area contributed by atoms with Crippen molar-refractivity contribution in [3.8, 4) is 11.5 Å². The van der Waals surface area contributed by atoms with Gasteiger partial charge in [-0.1, -0.05) is 0 Å². The van der Waals surface area contributed by atoms with Crippen LogP contribution in [0.25, 0.3) is 0 Å².